The molecule has 1 aromatic heterocycles. The number of benzene rings is 1. The van der Waals surface area contributed by atoms with Crippen molar-refractivity contribution in [2.24, 2.45) is 4.99 Å². The second-order valence-electron chi connectivity index (χ2n) is 4.31. The smallest absolute Gasteiger partial charge is 0.191 e. The molecule has 2 aromatic rings. The van der Waals surface area contributed by atoms with Crippen LogP contribution >= 0.6 is 27.3 Å². The van der Waals surface area contributed by atoms with Gasteiger partial charge in [-0.15, -0.1) is 0 Å². The Labute approximate surface area is 132 Å². The monoisotopic (exact) mass is 351 g/mol. The third-order valence-corrected chi connectivity index (χ3v) is 3.98. The van der Waals surface area contributed by atoms with E-state index < -0.39 is 0 Å². The van der Waals surface area contributed by atoms with Crippen molar-refractivity contribution in [2.75, 3.05) is 6.54 Å². The Balaban J connectivity index is 1.91. The van der Waals surface area contributed by atoms with Gasteiger partial charge in [-0.05, 0) is 47.0 Å². The lowest BCUT2D eigenvalue weighted by atomic mass is 10.2. The molecule has 0 unspecified atom stereocenters. The molecule has 0 atom stereocenters. The first kappa shape index (κ1) is 15.1. The number of nitrogens with one attached hydrogen (secondary N) is 2. The highest BCUT2D eigenvalue weighted by Gasteiger charge is 1.99. The van der Waals surface area contributed by atoms with Gasteiger partial charge in [0.15, 0.2) is 5.96 Å². The van der Waals surface area contributed by atoms with Gasteiger partial charge in [0.1, 0.15) is 0 Å². The summed E-state index contributed by atoms with van der Waals surface area (Å²) in [4.78, 5) is 4.58. The lowest BCUT2D eigenvalue weighted by Crippen LogP contribution is -2.36. The molecule has 5 heteroatoms. The Kier molecular flexibility index (Phi) is 6.08. The molecule has 0 aliphatic heterocycles. The van der Waals surface area contributed by atoms with Crippen molar-refractivity contribution >= 4 is 33.2 Å². The van der Waals surface area contributed by atoms with E-state index in [-0.39, 0.29) is 0 Å². The first-order valence-corrected chi connectivity index (χ1v) is 8.29. The highest BCUT2D eigenvalue weighted by molar-refractivity contribution is 9.10. The van der Waals surface area contributed by atoms with Crippen molar-refractivity contribution in [1.29, 1.82) is 0 Å². The number of thiophene rings is 1. The van der Waals surface area contributed by atoms with E-state index in [4.69, 9.17) is 0 Å². The van der Waals surface area contributed by atoms with E-state index in [1.165, 1.54) is 11.1 Å². The molecule has 0 amide bonds. The second-order valence-corrected chi connectivity index (χ2v) is 6.00. The summed E-state index contributed by atoms with van der Waals surface area (Å²) in [5, 5.41) is 10.8. The number of rotatable bonds is 5. The van der Waals surface area contributed by atoms with Crippen LogP contribution in [0.3, 0.4) is 0 Å². The van der Waals surface area contributed by atoms with Crippen molar-refractivity contribution in [2.45, 2.75) is 20.0 Å². The SMILES string of the molecule is CCNC(=NCc1ccsc1)NCc1ccc(Br)cc1. The molecule has 1 heterocycles. The molecule has 2 N–H and O–H groups in total. The van der Waals surface area contributed by atoms with Crippen LogP contribution in [0.25, 0.3) is 0 Å². The number of aliphatic imine (C=N–C) groups is 1. The molecule has 1 aromatic carbocycles. The highest BCUT2D eigenvalue weighted by Crippen LogP contribution is 2.10. The summed E-state index contributed by atoms with van der Waals surface area (Å²) >= 11 is 5.14. The molecular weight excluding hydrogens is 334 g/mol. The average Bonchev–Trinajstić information content (AvgIpc) is 2.97. The van der Waals surface area contributed by atoms with Gasteiger partial charge in [0, 0.05) is 17.6 Å². The van der Waals surface area contributed by atoms with E-state index in [0.29, 0.717) is 6.54 Å². The number of guanidine groups is 1. The molecule has 3 nitrogen and oxygen atoms in total. The standard InChI is InChI=1S/C15H18BrN3S/c1-2-17-15(19-10-13-7-8-20-11-13)18-9-12-3-5-14(16)6-4-12/h3-8,11H,2,9-10H2,1H3,(H2,17,18,19). The van der Waals surface area contributed by atoms with Crippen LogP contribution in [-0.2, 0) is 13.1 Å². The summed E-state index contributed by atoms with van der Waals surface area (Å²) in [6.45, 7) is 4.40. The second kappa shape index (κ2) is 8.07. The van der Waals surface area contributed by atoms with Crippen LogP contribution in [0, 0.1) is 0 Å². The molecule has 0 bridgehead atoms. The predicted octanol–water partition coefficient (Wildman–Crippen LogP) is 3.77. The average molecular weight is 352 g/mol. The number of halogens is 1. The maximum Gasteiger partial charge on any atom is 0.191 e. The van der Waals surface area contributed by atoms with Crippen molar-refractivity contribution < 1.29 is 0 Å². The first-order valence-electron chi connectivity index (χ1n) is 6.55. The van der Waals surface area contributed by atoms with Gasteiger partial charge in [0.05, 0.1) is 6.54 Å². The minimum atomic E-state index is 0.708. The van der Waals surface area contributed by atoms with Gasteiger partial charge in [0.25, 0.3) is 0 Å². The lowest BCUT2D eigenvalue weighted by molar-refractivity contribution is 0.816. The minimum absolute atomic E-state index is 0.708. The highest BCUT2D eigenvalue weighted by atomic mass is 79.9. The van der Waals surface area contributed by atoms with Crippen molar-refractivity contribution in [3.05, 3.63) is 56.7 Å². The zero-order chi connectivity index (χ0) is 14.2. The van der Waals surface area contributed by atoms with Gasteiger partial charge < -0.3 is 10.6 Å². The zero-order valence-electron chi connectivity index (χ0n) is 11.4. The summed E-state index contributed by atoms with van der Waals surface area (Å²) in [6, 6.07) is 10.4. The Hall–Kier alpha value is -1.33. The van der Waals surface area contributed by atoms with Gasteiger partial charge in [-0.25, -0.2) is 4.99 Å². The molecular formula is C15H18BrN3S. The summed E-state index contributed by atoms with van der Waals surface area (Å²) in [5.41, 5.74) is 2.48. The third kappa shape index (κ3) is 4.98. The molecule has 0 radical (unpaired) electrons. The fourth-order valence-corrected chi connectivity index (χ4v) is 2.61. The number of hydrogen-bond donors (Lipinski definition) is 2. The summed E-state index contributed by atoms with van der Waals surface area (Å²) < 4.78 is 1.10. The van der Waals surface area contributed by atoms with Gasteiger partial charge in [-0.1, -0.05) is 28.1 Å². The molecule has 0 saturated heterocycles. The van der Waals surface area contributed by atoms with Crippen LogP contribution in [0.1, 0.15) is 18.1 Å². The van der Waals surface area contributed by atoms with Crippen molar-refractivity contribution in [3.8, 4) is 0 Å². The molecule has 106 valence electrons. The Morgan fingerprint density at radius 3 is 2.60 bits per heavy atom. The lowest BCUT2D eigenvalue weighted by Gasteiger charge is -2.11. The van der Waals surface area contributed by atoms with Gasteiger partial charge >= 0.3 is 0 Å². The van der Waals surface area contributed by atoms with Gasteiger partial charge in [-0.2, -0.15) is 11.3 Å². The summed E-state index contributed by atoms with van der Waals surface area (Å²) in [7, 11) is 0. The summed E-state index contributed by atoms with van der Waals surface area (Å²) in [6.07, 6.45) is 0. The van der Waals surface area contributed by atoms with Crippen LogP contribution in [-0.4, -0.2) is 12.5 Å². The maximum atomic E-state index is 4.58. The fraction of sp³-hybridized carbons (Fsp3) is 0.267. The van der Waals surface area contributed by atoms with Crippen LogP contribution in [0.15, 0.2) is 50.6 Å². The first-order chi connectivity index (χ1) is 9.78. The van der Waals surface area contributed by atoms with Crippen LogP contribution < -0.4 is 10.6 Å². The minimum Gasteiger partial charge on any atom is -0.357 e. The Bertz CT molecular complexity index is 535. The van der Waals surface area contributed by atoms with E-state index >= 15 is 0 Å². The molecule has 0 fully saturated rings. The molecule has 20 heavy (non-hydrogen) atoms. The van der Waals surface area contributed by atoms with E-state index in [9.17, 15) is 0 Å². The normalized spacial score (nSPS) is 11.4. The largest absolute Gasteiger partial charge is 0.357 e. The van der Waals surface area contributed by atoms with E-state index in [1.807, 2.05) is 12.1 Å². The van der Waals surface area contributed by atoms with Crippen LogP contribution in [0.4, 0.5) is 0 Å². The fourth-order valence-electron chi connectivity index (χ4n) is 1.68. The summed E-state index contributed by atoms with van der Waals surface area (Å²) in [5.74, 6) is 0.849. The van der Waals surface area contributed by atoms with Crippen LogP contribution in [0.2, 0.25) is 0 Å². The Morgan fingerprint density at radius 1 is 1.15 bits per heavy atom. The molecule has 0 spiro atoms. The maximum absolute atomic E-state index is 4.58. The molecule has 0 saturated carbocycles. The molecule has 0 aliphatic rings. The predicted molar refractivity (Wildman–Crippen MR) is 90.1 cm³/mol. The van der Waals surface area contributed by atoms with Gasteiger partial charge in [-0.3, -0.25) is 0 Å². The Morgan fingerprint density at radius 2 is 1.95 bits per heavy atom. The van der Waals surface area contributed by atoms with E-state index in [1.54, 1.807) is 11.3 Å². The molecule has 0 aliphatic carbocycles. The number of hydrogen-bond acceptors (Lipinski definition) is 2. The van der Waals surface area contributed by atoms with Crippen molar-refractivity contribution in [1.82, 2.24) is 10.6 Å². The quantitative estimate of drug-likeness (QED) is 0.635. The zero-order valence-corrected chi connectivity index (χ0v) is 13.8. The third-order valence-electron chi connectivity index (χ3n) is 2.72. The molecule has 2 rings (SSSR count). The topological polar surface area (TPSA) is 36.4 Å². The van der Waals surface area contributed by atoms with Crippen molar-refractivity contribution in [3.63, 3.8) is 0 Å². The van der Waals surface area contributed by atoms with E-state index in [0.717, 1.165) is 23.5 Å². The van der Waals surface area contributed by atoms with Crippen LogP contribution in [0.5, 0.6) is 0 Å². The van der Waals surface area contributed by atoms with Gasteiger partial charge in [0.2, 0.25) is 0 Å². The van der Waals surface area contributed by atoms with E-state index in [2.05, 4.69) is 67.4 Å². The number of nitrogens with zero attached hydrogens (tertiary/aromatic N) is 1.